The third-order valence-corrected chi connectivity index (χ3v) is 6.73. The van der Waals surface area contributed by atoms with Crippen LogP contribution in [0.3, 0.4) is 0 Å². The Hall–Kier alpha value is -4.77. The van der Waals surface area contributed by atoms with Crippen molar-refractivity contribution in [3.63, 3.8) is 0 Å². The average molecular weight is 526 g/mol. The van der Waals surface area contributed by atoms with Crippen LogP contribution in [0.25, 0.3) is 11.0 Å². The van der Waals surface area contributed by atoms with Gasteiger partial charge in [0.05, 0.1) is 29.3 Å². The van der Waals surface area contributed by atoms with E-state index in [2.05, 4.69) is 19.8 Å². The van der Waals surface area contributed by atoms with Gasteiger partial charge in [0.15, 0.2) is 0 Å². The number of carboxylic acid groups (broad SMARTS) is 1. The van der Waals surface area contributed by atoms with E-state index >= 15 is 0 Å². The van der Waals surface area contributed by atoms with E-state index in [0.717, 1.165) is 54.4 Å². The summed E-state index contributed by atoms with van der Waals surface area (Å²) in [6.45, 7) is 4.67. The van der Waals surface area contributed by atoms with E-state index in [0.29, 0.717) is 31.5 Å². The zero-order valence-corrected chi connectivity index (χ0v) is 21.2. The molecule has 0 bridgehead atoms. The number of oxazole rings is 1. The van der Waals surface area contributed by atoms with E-state index in [4.69, 9.17) is 19.1 Å². The van der Waals surface area contributed by atoms with Crippen molar-refractivity contribution in [2.45, 2.75) is 19.7 Å². The van der Waals surface area contributed by atoms with Crippen molar-refractivity contribution in [2.24, 2.45) is 0 Å². The van der Waals surface area contributed by atoms with Crippen LogP contribution in [0.2, 0.25) is 0 Å². The van der Waals surface area contributed by atoms with Gasteiger partial charge in [-0.25, -0.2) is 14.8 Å². The average Bonchev–Trinajstić information content (AvgIpc) is 3.61. The molecule has 0 atom stereocenters. The molecule has 6 rings (SSSR count). The maximum absolute atomic E-state index is 11.6. The fraction of sp³-hybridized carbons (Fsp3) is 0.250. The number of carbonyl (C=O) groups is 1. The summed E-state index contributed by atoms with van der Waals surface area (Å²) in [4.78, 5) is 34.1. The maximum Gasteiger partial charge on any atom is 0.335 e. The SMILES string of the molecule is O=C(O)c1ccc2nc(CN3CCN(c4cccc(OCc5cccnc5)n4)CC3)n(Cc3ncco3)c2c1. The molecule has 1 fully saturated rings. The van der Waals surface area contributed by atoms with Gasteiger partial charge in [0.1, 0.15) is 31.1 Å². The quantitative estimate of drug-likeness (QED) is 0.306. The van der Waals surface area contributed by atoms with Crippen molar-refractivity contribution in [1.29, 1.82) is 0 Å². The van der Waals surface area contributed by atoms with Crippen LogP contribution in [0.4, 0.5) is 5.82 Å². The first-order chi connectivity index (χ1) is 19.1. The van der Waals surface area contributed by atoms with Crippen molar-refractivity contribution in [2.75, 3.05) is 31.1 Å². The molecular formula is C28H27N7O4. The van der Waals surface area contributed by atoms with Crippen LogP contribution in [0, 0.1) is 0 Å². The Morgan fingerprint density at radius 1 is 1.00 bits per heavy atom. The largest absolute Gasteiger partial charge is 0.478 e. The molecule has 0 unspecified atom stereocenters. The molecule has 39 heavy (non-hydrogen) atoms. The molecule has 1 N–H and O–H groups in total. The monoisotopic (exact) mass is 525 g/mol. The van der Waals surface area contributed by atoms with Crippen molar-refractivity contribution in [3.05, 3.63) is 96.2 Å². The standard InChI is InChI=1S/C28H27N7O4/c36-28(37)21-6-7-22-23(15-21)35(18-27-30-9-14-38-27)25(31-22)17-33-10-12-34(13-11-33)24-4-1-5-26(32-24)39-19-20-3-2-8-29-16-20/h1-9,14-16H,10-13,17-19H2,(H,36,37). The van der Waals surface area contributed by atoms with Crippen LogP contribution < -0.4 is 9.64 Å². The van der Waals surface area contributed by atoms with E-state index in [1.807, 2.05) is 34.9 Å². The third kappa shape index (κ3) is 5.58. The van der Waals surface area contributed by atoms with Gasteiger partial charge in [-0.05, 0) is 30.3 Å². The summed E-state index contributed by atoms with van der Waals surface area (Å²) >= 11 is 0. The molecule has 198 valence electrons. The Balaban J connectivity index is 1.14. The minimum atomic E-state index is -0.974. The number of imidazole rings is 1. The maximum atomic E-state index is 11.6. The van der Waals surface area contributed by atoms with Gasteiger partial charge in [-0.2, -0.15) is 4.98 Å². The highest BCUT2D eigenvalue weighted by Crippen LogP contribution is 2.23. The summed E-state index contributed by atoms with van der Waals surface area (Å²) in [6, 6.07) is 14.7. The molecule has 0 saturated carbocycles. The zero-order chi connectivity index (χ0) is 26.6. The van der Waals surface area contributed by atoms with Gasteiger partial charge in [0.25, 0.3) is 0 Å². The number of benzene rings is 1. The zero-order valence-electron chi connectivity index (χ0n) is 21.2. The molecule has 0 aliphatic carbocycles. The van der Waals surface area contributed by atoms with Crippen molar-refractivity contribution in [3.8, 4) is 5.88 Å². The summed E-state index contributed by atoms with van der Waals surface area (Å²) in [5, 5.41) is 9.49. The minimum Gasteiger partial charge on any atom is -0.478 e. The second kappa shape index (κ2) is 10.9. The van der Waals surface area contributed by atoms with E-state index in [9.17, 15) is 9.90 Å². The predicted octanol–water partition coefficient (Wildman–Crippen LogP) is 3.46. The summed E-state index contributed by atoms with van der Waals surface area (Å²) < 4.78 is 13.4. The molecule has 11 nitrogen and oxygen atoms in total. The summed E-state index contributed by atoms with van der Waals surface area (Å²) in [6.07, 6.45) is 6.66. The molecule has 4 aromatic heterocycles. The molecule has 0 amide bonds. The Labute approximate surface area is 224 Å². The van der Waals surface area contributed by atoms with Crippen molar-refractivity contribution < 1.29 is 19.1 Å². The second-order valence-corrected chi connectivity index (χ2v) is 9.30. The number of aromatic carboxylic acids is 1. The lowest BCUT2D eigenvalue weighted by molar-refractivity contribution is 0.0697. The number of ether oxygens (including phenoxy) is 1. The molecule has 1 saturated heterocycles. The highest BCUT2D eigenvalue weighted by Gasteiger charge is 2.22. The van der Waals surface area contributed by atoms with Crippen LogP contribution in [0.1, 0.15) is 27.6 Å². The molecule has 0 radical (unpaired) electrons. The fourth-order valence-electron chi connectivity index (χ4n) is 4.71. The first-order valence-corrected chi connectivity index (χ1v) is 12.7. The van der Waals surface area contributed by atoms with E-state index in [-0.39, 0.29) is 5.56 Å². The molecule has 1 aliphatic rings. The van der Waals surface area contributed by atoms with Gasteiger partial charge in [-0.1, -0.05) is 12.1 Å². The van der Waals surface area contributed by atoms with Gasteiger partial charge >= 0.3 is 5.97 Å². The number of pyridine rings is 2. The number of aromatic nitrogens is 5. The van der Waals surface area contributed by atoms with Crippen molar-refractivity contribution in [1.82, 2.24) is 29.4 Å². The number of nitrogens with zero attached hydrogens (tertiary/aromatic N) is 7. The van der Waals surface area contributed by atoms with Crippen LogP contribution in [0.15, 0.2) is 77.8 Å². The number of fused-ring (bicyclic) bond motifs is 1. The lowest BCUT2D eigenvalue weighted by Gasteiger charge is -2.35. The van der Waals surface area contributed by atoms with Crippen LogP contribution >= 0.6 is 0 Å². The number of hydrogen-bond acceptors (Lipinski definition) is 9. The third-order valence-electron chi connectivity index (χ3n) is 6.73. The van der Waals surface area contributed by atoms with E-state index in [1.54, 1.807) is 36.8 Å². The molecule has 11 heteroatoms. The Bertz CT molecular complexity index is 1560. The molecule has 5 aromatic rings. The van der Waals surface area contributed by atoms with Gasteiger partial charge in [0.2, 0.25) is 11.8 Å². The first kappa shape index (κ1) is 24.6. The second-order valence-electron chi connectivity index (χ2n) is 9.30. The van der Waals surface area contributed by atoms with Gasteiger partial charge < -0.3 is 23.7 Å². The number of anilines is 1. The number of hydrogen-bond donors (Lipinski definition) is 1. The highest BCUT2D eigenvalue weighted by molar-refractivity contribution is 5.92. The van der Waals surface area contributed by atoms with Crippen LogP contribution in [-0.4, -0.2) is 66.7 Å². The van der Waals surface area contributed by atoms with E-state index < -0.39 is 5.97 Å². The summed E-state index contributed by atoms with van der Waals surface area (Å²) in [5.41, 5.74) is 2.70. The summed E-state index contributed by atoms with van der Waals surface area (Å²) in [7, 11) is 0. The molecular weight excluding hydrogens is 498 g/mol. The number of piperazine rings is 1. The lowest BCUT2D eigenvalue weighted by atomic mass is 10.2. The normalized spacial score (nSPS) is 14.1. The lowest BCUT2D eigenvalue weighted by Crippen LogP contribution is -2.46. The molecule has 5 heterocycles. The summed E-state index contributed by atoms with van der Waals surface area (Å²) in [5.74, 6) is 1.87. The van der Waals surface area contributed by atoms with Gasteiger partial charge in [-0.3, -0.25) is 9.88 Å². The van der Waals surface area contributed by atoms with E-state index in [1.165, 1.54) is 6.26 Å². The van der Waals surface area contributed by atoms with Gasteiger partial charge in [-0.15, -0.1) is 0 Å². The molecule has 1 aromatic carbocycles. The van der Waals surface area contributed by atoms with Crippen LogP contribution in [-0.2, 0) is 19.7 Å². The number of rotatable bonds is 9. The Morgan fingerprint density at radius 2 is 1.90 bits per heavy atom. The Morgan fingerprint density at radius 3 is 2.67 bits per heavy atom. The highest BCUT2D eigenvalue weighted by atomic mass is 16.5. The molecule has 0 spiro atoms. The van der Waals surface area contributed by atoms with Crippen molar-refractivity contribution >= 4 is 22.8 Å². The Kier molecular flexibility index (Phi) is 6.88. The minimum absolute atomic E-state index is 0.218. The fourth-order valence-corrected chi connectivity index (χ4v) is 4.71. The smallest absolute Gasteiger partial charge is 0.335 e. The van der Waals surface area contributed by atoms with Crippen LogP contribution in [0.5, 0.6) is 5.88 Å². The first-order valence-electron chi connectivity index (χ1n) is 12.7. The molecule has 1 aliphatic heterocycles. The topological polar surface area (TPSA) is 123 Å². The number of carboxylic acids is 1. The predicted molar refractivity (Wildman–Crippen MR) is 143 cm³/mol. The van der Waals surface area contributed by atoms with Gasteiger partial charge in [0, 0.05) is 50.2 Å².